The van der Waals surface area contributed by atoms with Gasteiger partial charge in [0.15, 0.2) is 0 Å². The number of anilines is 2. The van der Waals surface area contributed by atoms with Crippen LogP contribution in [-0.2, 0) is 0 Å². The van der Waals surface area contributed by atoms with E-state index >= 15 is 0 Å². The molecule has 5 heteroatoms. The molecule has 3 N–H and O–H groups in total. The molecule has 19 heavy (non-hydrogen) atoms. The van der Waals surface area contributed by atoms with E-state index in [1.165, 1.54) is 6.07 Å². The van der Waals surface area contributed by atoms with Gasteiger partial charge in [0, 0.05) is 16.9 Å². The second-order valence-electron chi connectivity index (χ2n) is 3.88. The number of hydrogen-bond donors (Lipinski definition) is 2. The van der Waals surface area contributed by atoms with Crippen molar-refractivity contribution in [3.05, 3.63) is 58.6 Å². The van der Waals surface area contributed by atoms with Gasteiger partial charge < -0.3 is 11.1 Å². The first-order valence-corrected chi connectivity index (χ1v) is 5.84. The molecule has 0 spiro atoms. The van der Waals surface area contributed by atoms with Crippen LogP contribution >= 0.6 is 11.6 Å². The molecule has 4 nitrogen and oxygen atoms in total. The summed E-state index contributed by atoms with van der Waals surface area (Å²) in [7, 11) is 0. The normalized spacial score (nSPS) is 9.68. The zero-order valence-corrected chi connectivity index (χ0v) is 10.6. The minimum atomic E-state index is -0.272. The molecule has 0 aromatic heterocycles. The Hall–Kier alpha value is -2.51. The lowest BCUT2D eigenvalue weighted by Gasteiger charge is -2.06. The zero-order chi connectivity index (χ0) is 13.8. The molecule has 0 saturated carbocycles. The molecule has 0 aliphatic heterocycles. The fraction of sp³-hybridized carbons (Fsp3) is 0. The molecular formula is C14H10ClN3O. The van der Waals surface area contributed by atoms with Gasteiger partial charge in [-0.2, -0.15) is 5.26 Å². The van der Waals surface area contributed by atoms with Crippen LogP contribution in [0.2, 0.25) is 5.02 Å². The standard InChI is InChI=1S/C14H10ClN3O/c15-13-6-5-12(7-10(13)8-16)18-14(19)9-1-3-11(17)4-2-9/h1-7H,17H2,(H,18,19). The van der Waals surface area contributed by atoms with E-state index in [1.807, 2.05) is 6.07 Å². The monoisotopic (exact) mass is 271 g/mol. The number of carbonyl (C=O) groups excluding carboxylic acids is 1. The van der Waals surface area contributed by atoms with Crippen molar-refractivity contribution in [1.82, 2.24) is 0 Å². The minimum absolute atomic E-state index is 0.272. The lowest BCUT2D eigenvalue weighted by molar-refractivity contribution is 0.102. The van der Waals surface area contributed by atoms with Gasteiger partial charge in [0.1, 0.15) is 6.07 Å². The first kappa shape index (κ1) is 12.9. The quantitative estimate of drug-likeness (QED) is 0.824. The summed E-state index contributed by atoms with van der Waals surface area (Å²) in [6.45, 7) is 0. The summed E-state index contributed by atoms with van der Waals surface area (Å²) in [4.78, 5) is 11.9. The Morgan fingerprint density at radius 3 is 2.53 bits per heavy atom. The molecule has 0 aliphatic carbocycles. The van der Waals surface area contributed by atoms with E-state index in [9.17, 15) is 4.79 Å². The predicted octanol–water partition coefficient (Wildman–Crippen LogP) is 3.05. The summed E-state index contributed by atoms with van der Waals surface area (Å²) in [6, 6.07) is 13.2. The number of halogens is 1. The van der Waals surface area contributed by atoms with Crippen LogP contribution in [0.3, 0.4) is 0 Å². The van der Waals surface area contributed by atoms with E-state index in [0.29, 0.717) is 27.5 Å². The number of nitrogen functional groups attached to an aromatic ring is 1. The number of nitrogens with zero attached hydrogens (tertiary/aromatic N) is 1. The van der Waals surface area contributed by atoms with Gasteiger partial charge in [-0.05, 0) is 42.5 Å². The van der Waals surface area contributed by atoms with Crippen molar-refractivity contribution in [2.45, 2.75) is 0 Å². The number of hydrogen-bond acceptors (Lipinski definition) is 3. The molecule has 2 aromatic carbocycles. The molecule has 0 heterocycles. The van der Waals surface area contributed by atoms with Crippen LogP contribution in [0.5, 0.6) is 0 Å². The SMILES string of the molecule is N#Cc1cc(NC(=O)c2ccc(N)cc2)ccc1Cl. The van der Waals surface area contributed by atoms with Crippen molar-refractivity contribution >= 4 is 28.9 Å². The van der Waals surface area contributed by atoms with Crippen LogP contribution < -0.4 is 11.1 Å². The molecule has 2 rings (SSSR count). The van der Waals surface area contributed by atoms with Crippen LogP contribution in [0.15, 0.2) is 42.5 Å². The number of carbonyl (C=O) groups is 1. The van der Waals surface area contributed by atoms with E-state index in [-0.39, 0.29) is 5.91 Å². The molecule has 0 fully saturated rings. The average molecular weight is 272 g/mol. The van der Waals surface area contributed by atoms with Gasteiger partial charge in [0.05, 0.1) is 10.6 Å². The summed E-state index contributed by atoms with van der Waals surface area (Å²) < 4.78 is 0. The van der Waals surface area contributed by atoms with Crippen LogP contribution in [0.1, 0.15) is 15.9 Å². The highest BCUT2D eigenvalue weighted by molar-refractivity contribution is 6.31. The Morgan fingerprint density at radius 2 is 1.89 bits per heavy atom. The zero-order valence-electron chi connectivity index (χ0n) is 9.85. The van der Waals surface area contributed by atoms with Crippen molar-refractivity contribution in [3.63, 3.8) is 0 Å². The van der Waals surface area contributed by atoms with Crippen LogP contribution in [0.25, 0.3) is 0 Å². The summed E-state index contributed by atoms with van der Waals surface area (Å²) in [5.41, 5.74) is 7.47. The third-order valence-electron chi connectivity index (χ3n) is 2.52. The molecular weight excluding hydrogens is 262 g/mol. The van der Waals surface area contributed by atoms with E-state index in [1.54, 1.807) is 36.4 Å². The minimum Gasteiger partial charge on any atom is -0.399 e. The van der Waals surface area contributed by atoms with E-state index in [4.69, 9.17) is 22.6 Å². The smallest absolute Gasteiger partial charge is 0.255 e. The number of nitrogens with one attached hydrogen (secondary N) is 1. The largest absolute Gasteiger partial charge is 0.399 e. The lowest BCUT2D eigenvalue weighted by Crippen LogP contribution is -2.11. The summed E-state index contributed by atoms with van der Waals surface area (Å²) in [6.07, 6.45) is 0. The Bertz CT molecular complexity index is 659. The van der Waals surface area contributed by atoms with E-state index < -0.39 is 0 Å². The summed E-state index contributed by atoms with van der Waals surface area (Å²) in [5.74, 6) is -0.272. The van der Waals surface area contributed by atoms with E-state index in [0.717, 1.165) is 0 Å². The fourth-order valence-corrected chi connectivity index (χ4v) is 1.69. The van der Waals surface area contributed by atoms with Crippen LogP contribution in [0.4, 0.5) is 11.4 Å². The molecule has 0 unspecified atom stereocenters. The van der Waals surface area contributed by atoms with Gasteiger partial charge in [0.25, 0.3) is 5.91 Å². The Kier molecular flexibility index (Phi) is 3.69. The Morgan fingerprint density at radius 1 is 1.21 bits per heavy atom. The third-order valence-corrected chi connectivity index (χ3v) is 2.85. The molecule has 0 bridgehead atoms. The molecule has 0 radical (unpaired) electrons. The van der Waals surface area contributed by atoms with Gasteiger partial charge in [-0.3, -0.25) is 4.79 Å². The van der Waals surface area contributed by atoms with Crippen LogP contribution in [-0.4, -0.2) is 5.91 Å². The maximum absolute atomic E-state index is 11.9. The number of nitriles is 1. The van der Waals surface area contributed by atoms with Gasteiger partial charge in [-0.15, -0.1) is 0 Å². The Labute approximate surface area is 115 Å². The molecule has 0 atom stereocenters. The lowest BCUT2D eigenvalue weighted by atomic mass is 10.1. The predicted molar refractivity (Wildman–Crippen MR) is 75.0 cm³/mol. The summed E-state index contributed by atoms with van der Waals surface area (Å²) >= 11 is 5.82. The first-order chi connectivity index (χ1) is 9.10. The van der Waals surface area contributed by atoms with Crippen LogP contribution in [0, 0.1) is 11.3 Å². The van der Waals surface area contributed by atoms with Gasteiger partial charge in [-0.25, -0.2) is 0 Å². The summed E-state index contributed by atoms with van der Waals surface area (Å²) in [5, 5.41) is 11.9. The van der Waals surface area contributed by atoms with Crippen molar-refractivity contribution in [2.24, 2.45) is 0 Å². The Balaban J connectivity index is 2.20. The number of benzene rings is 2. The molecule has 0 saturated heterocycles. The third kappa shape index (κ3) is 3.03. The topological polar surface area (TPSA) is 78.9 Å². The molecule has 1 amide bonds. The number of amides is 1. The second kappa shape index (κ2) is 5.42. The highest BCUT2D eigenvalue weighted by Crippen LogP contribution is 2.20. The fourth-order valence-electron chi connectivity index (χ4n) is 1.53. The van der Waals surface area contributed by atoms with Crippen molar-refractivity contribution in [1.29, 1.82) is 5.26 Å². The maximum atomic E-state index is 11.9. The maximum Gasteiger partial charge on any atom is 0.255 e. The second-order valence-corrected chi connectivity index (χ2v) is 4.29. The highest BCUT2D eigenvalue weighted by Gasteiger charge is 2.07. The molecule has 2 aromatic rings. The van der Waals surface area contributed by atoms with Gasteiger partial charge in [-0.1, -0.05) is 11.6 Å². The molecule has 0 aliphatic rings. The number of nitrogens with two attached hydrogens (primary N) is 1. The number of rotatable bonds is 2. The van der Waals surface area contributed by atoms with Crippen molar-refractivity contribution in [2.75, 3.05) is 11.1 Å². The first-order valence-electron chi connectivity index (χ1n) is 5.46. The van der Waals surface area contributed by atoms with Crippen molar-refractivity contribution < 1.29 is 4.79 Å². The van der Waals surface area contributed by atoms with Crippen molar-refractivity contribution in [3.8, 4) is 6.07 Å². The highest BCUT2D eigenvalue weighted by atomic mass is 35.5. The van der Waals surface area contributed by atoms with Gasteiger partial charge in [0.2, 0.25) is 0 Å². The van der Waals surface area contributed by atoms with Gasteiger partial charge >= 0.3 is 0 Å². The van der Waals surface area contributed by atoms with E-state index in [2.05, 4.69) is 5.32 Å². The molecule has 94 valence electrons. The average Bonchev–Trinajstić information content (AvgIpc) is 2.41.